The maximum atomic E-state index is 3.87. The first-order valence-electron chi connectivity index (χ1n) is 2.59. The Morgan fingerprint density at radius 2 is 2.57 bits per heavy atom. The molecule has 1 rings (SSSR count). The third-order valence-electron chi connectivity index (χ3n) is 1.15. The number of hydrogen-bond acceptors (Lipinski definition) is 1. The summed E-state index contributed by atoms with van der Waals surface area (Å²) < 4.78 is 0. The largest absolute Gasteiger partial charge is 0.131 e. The zero-order valence-corrected chi connectivity index (χ0v) is 5.42. The lowest BCUT2D eigenvalue weighted by atomic mass is 10.1. The van der Waals surface area contributed by atoms with E-state index in [1.807, 2.05) is 11.8 Å². The first-order chi connectivity index (χ1) is 3.29. The van der Waals surface area contributed by atoms with Crippen LogP contribution in [0.5, 0.6) is 0 Å². The first-order valence-corrected chi connectivity index (χ1v) is 3.58. The SMILES string of the molecule is C=C1CC(C)CS1. The smallest absolute Gasteiger partial charge is 0.000567 e. The summed E-state index contributed by atoms with van der Waals surface area (Å²) in [6.45, 7) is 6.14. The van der Waals surface area contributed by atoms with Gasteiger partial charge in [0, 0.05) is 5.75 Å². The van der Waals surface area contributed by atoms with Crippen molar-refractivity contribution in [3.63, 3.8) is 0 Å². The van der Waals surface area contributed by atoms with Gasteiger partial charge in [-0.2, -0.15) is 0 Å². The predicted octanol–water partition coefficient (Wildman–Crippen LogP) is 2.27. The van der Waals surface area contributed by atoms with Crippen LogP contribution >= 0.6 is 11.8 Å². The lowest BCUT2D eigenvalue weighted by Gasteiger charge is -1.90. The van der Waals surface area contributed by atoms with Gasteiger partial charge < -0.3 is 0 Å². The maximum absolute atomic E-state index is 3.87. The van der Waals surface area contributed by atoms with E-state index in [9.17, 15) is 0 Å². The Morgan fingerprint density at radius 1 is 1.86 bits per heavy atom. The summed E-state index contributed by atoms with van der Waals surface area (Å²) in [5, 5.41) is 0. The average molecular weight is 114 g/mol. The molecule has 0 aromatic carbocycles. The van der Waals surface area contributed by atoms with Crippen molar-refractivity contribution in [2.45, 2.75) is 13.3 Å². The minimum atomic E-state index is 0.887. The van der Waals surface area contributed by atoms with Crippen LogP contribution in [-0.4, -0.2) is 5.75 Å². The van der Waals surface area contributed by atoms with Gasteiger partial charge in [0.25, 0.3) is 0 Å². The van der Waals surface area contributed by atoms with Crippen LogP contribution in [0.2, 0.25) is 0 Å². The Kier molecular flexibility index (Phi) is 1.43. The van der Waals surface area contributed by atoms with Crippen LogP contribution in [0, 0.1) is 5.92 Å². The lowest BCUT2D eigenvalue weighted by molar-refractivity contribution is 0.692. The first kappa shape index (κ1) is 5.23. The third kappa shape index (κ3) is 1.23. The minimum Gasteiger partial charge on any atom is -0.131 e. The number of rotatable bonds is 0. The molecule has 0 N–H and O–H groups in total. The molecule has 0 bridgehead atoms. The van der Waals surface area contributed by atoms with E-state index in [1.54, 1.807) is 0 Å². The Balaban J connectivity index is 2.40. The van der Waals surface area contributed by atoms with Crippen LogP contribution in [0.15, 0.2) is 11.5 Å². The van der Waals surface area contributed by atoms with Gasteiger partial charge in [-0.1, -0.05) is 13.5 Å². The molecule has 1 atom stereocenters. The van der Waals surface area contributed by atoms with Crippen LogP contribution in [0.3, 0.4) is 0 Å². The van der Waals surface area contributed by atoms with Crippen molar-refractivity contribution >= 4 is 11.8 Å². The predicted molar refractivity (Wildman–Crippen MR) is 35.4 cm³/mol. The molecule has 0 aromatic heterocycles. The molecule has 40 valence electrons. The molecule has 0 aliphatic carbocycles. The van der Waals surface area contributed by atoms with Crippen molar-refractivity contribution in [3.05, 3.63) is 11.5 Å². The highest BCUT2D eigenvalue weighted by molar-refractivity contribution is 8.03. The zero-order valence-electron chi connectivity index (χ0n) is 4.61. The second-order valence-corrected chi connectivity index (χ2v) is 3.36. The van der Waals surface area contributed by atoms with Crippen LogP contribution in [0.4, 0.5) is 0 Å². The van der Waals surface area contributed by atoms with Crippen LogP contribution in [-0.2, 0) is 0 Å². The van der Waals surface area contributed by atoms with E-state index in [0.29, 0.717) is 0 Å². The average Bonchev–Trinajstić information content (AvgIpc) is 1.87. The molecular formula is C6H10S. The molecule has 1 heterocycles. The van der Waals surface area contributed by atoms with Gasteiger partial charge in [-0.15, -0.1) is 11.8 Å². The number of thioether (sulfide) groups is 1. The van der Waals surface area contributed by atoms with Crippen molar-refractivity contribution in [1.82, 2.24) is 0 Å². The number of allylic oxidation sites excluding steroid dienone is 1. The molecule has 7 heavy (non-hydrogen) atoms. The minimum absolute atomic E-state index is 0.887. The van der Waals surface area contributed by atoms with Gasteiger partial charge in [0.2, 0.25) is 0 Å². The van der Waals surface area contributed by atoms with E-state index in [-0.39, 0.29) is 0 Å². The Labute approximate surface area is 49.0 Å². The molecule has 1 aliphatic heterocycles. The summed E-state index contributed by atoms with van der Waals surface area (Å²) >= 11 is 1.91. The Morgan fingerprint density at radius 3 is 2.71 bits per heavy atom. The van der Waals surface area contributed by atoms with Crippen LogP contribution in [0.1, 0.15) is 13.3 Å². The van der Waals surface area contributed by atoms with Crippen LogP contribution in [0.25, 0.3) is 0 Å². The number of hydrogen-bond donors (Lipinski definition) is 0. The lowest BCUT2D eigenvalue weighted by Crippen LogP contribution is -1.85. The zero-order chi connectivity index (χ0) is 5.28. The van der Waals surface area contributed by atoms with Gasteiger partial charge in [0.15, 0.2) is 0 Å². The monoisotopic (exact) mass is 114 g/mol. The van der Waals surface area contributed by atoms with Gasteiger partial charge in [0.1, 0.15) is 0 Å². The molecule has 1 saturated heterocycles. The second kappa shape index (κ2) is 1.91. The van der Waals surface area contributed by atoms with Crippen molar-refractivity contribution in [3.8, 4) is 0 Å². The van der Waals surface area contributed by atoms with Crippen molar-refractivity contribution in [2.24, 2.45) is 5.92 Å². The van der Waals surface area contributed by atoms with E-state index in [1.165, 1.54) is 17.1 Å². The summed E-state index contributed by atoms with van der Waals surface area (Å²) in [6.07, 6.45) is 1.24. The topological polar surface area (TPSA) is 0 Å². The second-order valence-electron chi connectivity index (χ2n) is 2.16. The fourth-order valence-electron chi connectivity index (χ4n) is 0.767. The molecule has 1 aliphatic rings. The van der Waals surface area contributed by atoms with E-state index in [0.717, 1.165) is 5.92 Å². The van der Waals surface area contributed by atoms with Crippen molar-refractivity contribution < 1.29 is 0 Å². The molecule has 0 radical (unpaired) electrons. The summed E-state index contributed by atoms with van der Waals surface area (Å²) in [6, 6.07) is 0. The molecule has 0 amide bonds. The third-order valence-corrected chi connectivity index (χ3v) is 2.46. The fourth-order valence-corrected chi connectivity index (χ4v) is 1.81. The highest BCUT2D eigenvalue weighted by Crippen LogP contribution is 2.32. The molecule has 1 unspecified atom stereocenters. The molecule has 0 aromatic rings. The van der Waals surface area contributed by atoms with Crippen LogP contribution < -0.4 is 0 Å². The highest BCUT2D eigenvalue weighted by Gasteiger charge is 2.12. The standard InChI is InChI=1S/C6H10S/c1-5-3-6(2)7-4-5/h5H,2-4H2,1H3. The normalized spacial score (nSPS) is 31.6. The fraction of sp³-hybridized carbons (Fsp3) is 0.667. The molecule has 1 fully saturated rings. The summed E-state index contributed by atoms with van der Waals surface area (Å²) in [5.74, 6) is 2.18. The summed E-state index contributed by atoms with van der Waals surface area (Å²) in [4.78, 5) is 1.37. The quantitative estimate of drug-likeness (QED) is 0.465. The van der Waals surface area contributed by atoms with E-state index >= 15 is 0 Å². The molecule has 0 nitrogen and oxygen atoms in total. The maximum Gasteiger partial charge on any atom is 0.000567 e. The molecule has 1 heteroatoms. The Bertz CT molecular complexity index is 86.2. The van der Waals surface area contributed by atoms with E-state index in [2.05, 4.69) is 13.5 Å². The Hall–Kier alpha value is 0.0900. The molecule has 0 spiro atoms. The van der Waals surface area contributed by atoms with Gasteiger partial charge in [-0.25, -0.2) is 0 Å². The van der Waals surface area contributed by atoms with E-state index < -0.39 is 0 Å². The summed E-state index contributed by atoms with van der Waals surface area (Å²) in [5.41, 5.74) is 0. The van der Waals surface area contributed by atoms with E-state index in [4.69, 9.17) is 0 Å². The molecular weight excluding hydrogens is 104 g/mol. The van der Waals surface area contributed by atoms with Gasteiger partial charge in [-0.05, 0) is 17.2 Å². The van der Waals surface area contributed by atoms with Crippen molar-refractivity contribution in [2.75, 3.05) is 5.75 Å². The molecule has 0 saturated carbocycles. The van der Waals surface area contributed by atoms with Gasteiger partial charge in [0.05, 0.1) is 0 Å². The summed E-state index contributed by atoms with van der Waals surface area (Å²) in [7, 11) is 0. The highest BCUT2D eigenvalue weighted by atomic mass is 32.2. The van der Waals surface area contributed by atoms with Gasteiger partial charge >= 0.3 is 0 Å². The van der Waals surface area contributed by atoms with Gasteiger partial charge in [-0.3, -0.25) is 0 Å². The van der Waals surface area contributed by atoms with Crippen molar-refractivity contribution in [1.29, 1.82) is 0 Å².